The molecule has 7 nitrogen and oxygen atoms in total. The van der Waals surface area contributed by atoms with Crippen LogP contribution in [0.1, 0.15) is 39.3 Å². The molecule has 1 unspecified atom stereocenters. The molecule has 1 aliphatic heterocycles. The molecule has 1 fully saturated rings. The number of amides is 2. The Kier molecular flexibility index (Phi) is 5.34. The number of fused-ring (bicyclic) bond motifs is 1. The van der Waals surface area contributed by atoms with Crippen LogP contribution in [0.2, 0.25) is 0 Å². The molecule has 11 heteroatoms. The van der Waals surface area contributed by atoms with Gasteiger partial charge in [-0.15, -0.1) is 0 Å². The molecule has 31 heavy (non-hydrogen) atoms. The number of halogens is 4. The van der Waals surface area contributed by atoms with Gasteiger partial charge in [-0.3, -0.25) is 14.6 Å². The highest BCUT2D eigenvalue weighted by Crippen LogP contribution is 2.31. The van der Waals surface area contributed by atoms with Crippen LogP contribution in [0.4, 0.5) is 17.6 Å². The number of aromatic amines is 1. The van der Waals surface area contributed by atoms with Crippen molar-refractivity contribution in [2.75, 3.05) is 13.1 Å². The van der Waals surface area contributed by atoms with Crippen molar-refractivity contribution >= 4 is 17.3 Å². The number of hydrogen-bond donors (Lipinski definition) is 2. The molecule has 2 atom stereocenters. The minimum Gasteiger partial charge on any atom is -0.332 e. The van der Waals surface area contributed by atoms with E-state index in [0.717, 1.165) is 6.07 Å². The highest BCUT2D eigenvalue weighted by Gasteiger charge is 2.44. The Morgan fingerprint density at radius 2 is 2.00 bits per heavy atom. The molecule has 162 valence electrons. The Morgan fingerprint density at radius 3 is 2.65 bits per heavy atom. The molecule has 1 saturated heterocycles. The van der Waals surface area contributed by atoms with Gasteiger partial charge in [-0.1, -0.05) is 12.1 Å². The molecule has 3 aromatic rings. The van der Waals surface area contributed by atoms with E-state index in [9.17, 15) is 27.2 Å². The molecular formula is C20H18F4N5O2+. The molecule has 0 saturated carbocycles. The first-order valence-electron chi connectivity index (χ1n) is 9.50. The number of imidazole rings is 1. The molecule has 0 radical (unpaired) electrons. The van der Waals surface area contributed by atoms with Crippen LogP contribution in [0, 0.1) is 0 Å². The molecule has 2 N–H and O–H groups in total. The average Bonchev–Trinajstić information content (AvgIpc) is 3.35. The number of rotatable bonds is 4. The van der Waals surface area contributed by atoms with Crippen molar-refractivity contribution in [2.45, 2.75) is 24.8 Å². The standard InChI is InChI=1S/C20H17F4N5O2/c21-12-7-10-28(11-12)19(31)17-26-15(14-6-2-4-9-29(14)17)18(30)27-16(20(22,23)24)13-5-1-3-8-25-13/h1-6,8-9,12,16H,7,10-11H2,(H,27,30)/p+1/t12-,16?/m0/s1. The van der Waals surface area contributed by atoms with E-state index < -0.39 is 30.2 Å². The molecule has 1 aliphatic rings. The minimum absolute atomic E-state index is 0.0451. The first-order chi connectivity index (χ1) is 14.8. The summed E-state index contributed by atoms with van der Waals surface area (Å²) in [4.78, 5) is 33.3. The molecule has 4 rings (SSSR count). The van der Waals surface area contributed by atoms with Crippen LogP contribution in [0.25, 0.3) is 5.52 Å². The van der Waals surface area contributed by atoms with Crippen molar-refractivity contribution in [3.8, 4) is 0 Å². The van der Waals surface area contributed by atoms with Crippen LogP contribution in [0.15, 0.2) is 48.8 Å². The van der Waals surface area contributed by atoms with E-state index in [1.165, 1.54) is 39.9 Å². The summed E-state index contributed by atoms with van der Waals surface area (Å²) in [7, 11) is 0. The van der Waals surface area contributed by atoms with Crippen LogP contribution < -0.4 is 9.72 Å². The molecular weight excluding hydrogens is 418 g/mol. The van der Waals surface area contributed by atoms with Crippen molar-refractivity contribution in [1.29, 1.82) is 0 Å². The van der Waals surface area contributed by atoms with E-state index >= 15 is 0 Å². The normalized spacial score (nSPS) is 17.7. The number of carbonyl (C=O) groups excluding carboxylic acids is 2. The Balaban J connectivity index is 1.69. The van der Waals surface area contributed by atoms with E-state index in [1.807, 2.05) is 5.32 Å². The number of hydrogen-bond acceptors (Lipinski definition) is 3. The summed E-state index contributed by atoms with van der Waals surface area (Å²) >= 11 is 0. The van der Waals surface area contributed by atoms with Crippen LogP contribution >= 0.6 is 0 Å². The number of nitrogens with one attached hydrogen (secondary N) is 2. The fraction of sp³-hybridized carbons (Fsp3) is 0.300. The second kappa shape index (κ2) is 7.97. The average molecular weight is 436 g/mol. The highest BCUT2D eigenvalue weighted by atomic mass is 19.4. The lowest BCUT2D eigenvalue weighted by atomic mass is 10.1. The van der Waals surface area contributed by atoms with Crippen LogP contribution in [0.3, 0.4) is 0 Å². The number of nitrogens with zero attached hydrogens (tertiary/aromatic N) is 3. The number of carbonyl (C=O) groups is 2. The summed E-state index contributed by atoms with van der Waals surface area (Å²) in [6, 6.07) is 6.36. The Hall–Kier alpha value is -3.50. The topological polar surface area (TPSA) is 82.2 Å². The molecule has 2 amide bonds. The summed E-state index contributed by atoms with van der Waals surface area (Å²) in [6.45, 7) is 0.134. The van der Waals surface area contributed by atoms with Crippen molar-refractivity contribution in [3.05, 3.63) is 66.0 Å². The number of pyridine rings is 2. The second-order valence-corrected chi connectivity index (χ2v) is 7.14. The SMILES string of the molecule is O=C(NC(c1ccccn1)C(F)(F)F)c1[nH]c(C(=O)N2CC[C@H](F)C2)[n+]2ccccc12. The Labute approximate surface area is 173 Å². The fourth-order valence-electron chi connectivity index (χ4n) is 3.54. The molecule has 3 aromatic heterocycles. The number of alkyl halides is 4. The van der Waals surface area contributed by atoms with Gasteiger partial charge < -0.3 is 10.2 Å². The third kappa shape index (κ3) is 4.07. The Bertz CT molecular complexity index is 1120. The monoisotopic (exact) mass is 436 g/mol. The highest BCUT2D eigenvalue weighted by molar-refractivity contribution is 6.00. The van der Waals surface area contributed by atoms with Crippen LogP contribution in [-0.4, -0.2) is 52.1 Å². The summed E-state index contributed by atoms with van der Waals surface area (Å²) in [5.41, 5.74) is -0.374. The first kappa shape index (κ1) is 20.8. The van der Waals surface area contributed by atoms with Gasteiger partial charge in [0, 0.05) is 12.7 Å². The van der Waals surface area contributed by atoms with Crippen LogP contribution in [-0.2, 0) is 0 Å². The van der Waals surface area contributed by atoms with Gasteiger partial charge in [-0.25, -0.2) is 9.37 Å². The molecule has 4 heterocycles. The predicted molar refractivity (Wildman–Crippen MR) is 99.9 cm³/mol. The van der Waals surface area contributed by atoms with E-state index in [-0.39, 0.29) is 42.2 Å². The molecule has 0 aromatic carbocycles. The van der Waals surface area contributed by atoms with Gasteiger partial charge in [0.1, 0.15) is 6.17 Å². The summed E-state index contributed by atoms with van der Waals surface area (Å²) in [6.07, 6.45) is -3.02. The van der Waals surface area contributed by atoms with Gasteiger partial charge >= 0.3 is 17.9 Å². The van der Waals surface area contributed by atoms with E-state index in [0.29, 0.717) is 0 Å². The zero-order valence-electron chi connectivity index (χ0n) is 16.1. The molecule has 0 bridgehead atoms. The van der Waals surface area contributed by atoms with Crippen molar-refractivity contribution < 1.29 is 31.6 Å². The fourth-order valence-corrected chi connectivity index (χ4v) is 3.54. The lowest BCUT2D eigenvalue weighted by Gasteiger charge is -2.20. The van der Waals surface area contributed by atoms with Gasteiger partial charge in [-0.2, -0.15) is 17.6 Å². The van der Waals surface area contributed by atoms with E-state index in [1.54, 1.807) is 12.1 Å². The summed E-state index contributed by atoms with van der Waals surface area (Å²) in [5.74, 6) is -1.64. The first-order valence-corrected chi connectivity index (χ1v) is 9.50. The molecule has 0 aliphatic carbocycles. The maximum absolute atomic E-state index is 13.6. The van der Waals surface area contributed by atoms with Gasteiger partial charge in [-0.05, 0) is 30.7 Å². The van der Waals surface area contributed by atoms with E-state index in [2.05, 4.69) is 9.97 Å². The van der Waals surface area contributed by atoms with Gasteiger partial charge in [0.2, 0.25) is 5.69 Å². The maximum Gasteiger partial charge on any atom is 0.414 e. The van der Waals surface area contributed by atoms with Crippen molar-refractivity contribution in [3.63, 3.8) is 0 Å². The smallest absolute Gasteiger partial charge is 0.332 e. The zero-order chi connectivity index (χ0) is 22.2. The second-order valence-electron chi connectivity index (χ2n) is 7.14. The number of likely N-dealkylation sites (tertiary alicyclic amines) is 1. The molecule has 0 spiro atoms. The van der Waals surface area contributed by atoms with E-state index in [4.69, 9.17) is 0 Å². The number of aromatic nitrogens is 3. The quantitative estimate of drug-likeness (QED) is 0.487. The van der Waals surface area contributed by atoms with Gasteiger partial charge in [0.05, 0.1) is 18.4 Å². The minimum atomic E-state index is -4.79. The van der Waals surface area contributed by atoms with Crippen LogP contribution in [0.5, 0.6) is 0 Å². The van der Waals surface area contributed by atoms with Gasteiger partial charge in [0.25, 0.3) is 5.91 Å². The third-order valence-electron chi connectivity index (χ3n) is 5.03. The van der Waals surface area contributed by atoms with Crippen molar-refractivity contribution in [1.82, 2.24) is 20.2 Å². The number of H-pyrrole nitrogens is 1. The maximum atomic E-state index is 13.6. The summed E-state index contributed by atoms with van der Waals surface area (Å²) in [5, 5.41) is 1.95. The van der Waals surface area contributed by atoms with Gasteiger partial charge in [0.15, 0.2) is 11.6 Å². The summed E-state index contributed by atoms with van der Waals surface area (Å²) < 4.78 is 55.7. The largest absolute Gasteiger partial charge is 0.414 e. The Morgan fingerprint density at radius 1 is 1.23 bits per heavy atom. The lowest BCUT2D eigenvalue weighted by molar-refractivity contribution is -0.514. The zero-order valence-corrected chi connectivity index (χ0v) is 16.1. The van der Waals surface area contributed by atoms with Crippen molar-refractivity contribution in [2.24, 2.45) is 0 Å². The lowest BCUT2D eigenvalue weighted by Crippen LogP contribution is -2.39. The predicted octanol–water partition coefficient (Wildman–Crippen LogP) is 2.37. The third-order valence-corrected chi connectivity index (χ3v) is 5.03.